The van der Waals surface area contributed by atoms with Gasteiger partial charge in [0.05, 0.1) is 12.2 Å². The lowest BCUT2D eigenvalue weighted by Crippen LogP contribution is -2.13. The number of allylic oxidation sites excluding steroid dienone is 1. The molecule has 0 aromatic rings. The van der Waals surface area contributed by atoms with E-state index in [0.717, 1.165) is 6.42 Å². The number of ether oxygens (including phenoxy) is 1. The first-order chi connectivity index (χ1) is 6.40. The highest BCUT2D eigenvalue weighted by Crippen LogP contribution is 2.30. The van der Waals surface area contributed by atoms with E-state index in [0.29, 0.717) is 12.2 Å². The highest BCUT2D eigenvalue weighted by atomic mass is 16.5. The van der Waals surface area contributed by atoms with Gasteiger partial charge in [0.15, 0.2) is 0 Å². The van der Waals surface area contributed by atoms with Gasteiger partial charge in [-0.3, -0.25) is 0 Å². The van der Waals surface area contributed by atoms with Crippen LogP contribution in [0.5, 0.6) is 0 Å². The molecule has 0 amide bonds. The molecule has 1 unspecified atom stereocenters. The lowest BCUT2D eigenvalue weighted by molar-refractivity contribution is 0.0905. The van der Waals surface area contributed by atoms with Crippen LogP contribution in [0.25, 0.3) is 0 Å². The second kappa shape index (κ2) is 4.10. The summed E-state index contributed by atoms with van der Waals surface area (Å²) in [6.07, 6.45) is 12.6. The van der Waals surface area contributed by atoms with Crippen LogP contribution < -0.4 is 0 Å². The summed E-state index contributed by atoms with van der Waals surface area (Å²) >= 11 is 0. The Labute approximate surface area is 80.5 Å². The van der Waals surface area contributed by atoms with Gasteiger partial charge in [-0.2, -0.15) is 0 Å². The molecule has 1 nitrogen and oxygen atoms in total. The third-order valence-electron chi connectivity index (χ3n) is 3.05. The molecule has 1 heterocycles. The first kappa shape index (κ1) is 9.01. The van der Waals surface area contributed by atoms with E-state index in [2.05, 4.69) is 12.7 Å². The van der Waals surface area contributed by atoms with Crippen LogP contribution in [0.1, 0.15) is 38.5 Å². The lowest BCUT2D eigenvalue weighted by Gasteiger charge is -2.18. The Balaban J connectivity index is 1.94. The molecule has 0 spiro atoms. The summed E-state index contributed by atoms with van der Waals surface area (Å²) in [4.78, 5) is 0. The number of hydrogen-bond donors (Lipinski definition) is 0. The van der Waals surface area contributed by atoms with Crippen LogP contribution in [0.3, 0.4) is 0 Å². The largest absolute Gasteiger partial charge is 0.367 e. The van der Waals surface area contributed by atoms with E-state index >= 15 is 0 Å². The minimum Gasteiger partial charge on any atom is -0.367 e. The minimum absolute atomic E-state index is 0.313. The summed E-state index contributed by atoms with van der Waals surface area (Å²) in [5.74, 6) is 0. The maximum Gasteiger partial charge on any atom is 0.0794 e. The van der Waals surface area contributed by atoms with E-state index in [1.165, 1.54) is 32.1 Å². The predicted molar refractivity (Wildman–Crippen MR) is 54.6 cm³/mol. The molecular weight excluding hydrogens is 160 g/mol. The molecular formula is C12H18O. The summed E-state index contributed by atoms with van der Waals surface area (Å²) in [5, 5.41) is 0. The van der Waals surface area contributed by atoms with Crippen molar-refractivity contribution in [3.8, 4) is 0 Å². The van der Waals surface area contributed by atoms with Gasteiger partial charge < -0.3 is 4.74 Å². The van der Waals surface area contributed by atoms with E-state index in [-0.39, 0.29) is 0 Å². The van der Waals surface area contributed by atoms with E-state index < -0.39 is 0 Å². The summed E-state index contributed by atoms with van der Waals surface area (Å²) in [7, 11) is 0. The Hall–Kier alpha value is -0.560. The van der Waals surface area contributed by atoms with Crippen LogP contribution in [0.15, 0.2) is 24.3 Å². The predicted octanol–water partition coefficient (Wildman–Crippen LogP) is 3.22. The van der Waals surface area contributed by atoms with Crippen LogP contribution in [-0.4, -0.2) is 12.2 Å². The molecule has 1 fully saturated rings. The summed E-state index contributed by atoms with van der Waals surface area (Å²) in [6.45, 7) is 3.78. The molecule has 0 radical (unpaired) electrons. The standard InChI is InChI=1S/C12H18O/c1-2-11-8-9-12(13-11)10-6-4-3-5-7-10/h2,6,11-12H,1,3-5,7-9H2/t11-,12?/m0/s1. The van der Waals surface area contributed by atoms with E-state index in [1.54, 1.807) is 5.57 Å². The van der Waals surface area contributed by atoms with Gasteiger partial charge in [-0.1, -0.05) is 12.2 Å². The van der Waals surface area contributed by atoms with Gasteiger partial charge in [0.1, 0.15) is 0 Å². The molecule has 0 bridgehead atoms. The van der Waals surface area contributed by atoms with Crippen molar-refractivity contribution in [2.45, 2.75) is 50.7 Å². The van der Waals surface area contributed by atoms with Crippen LogP contribution in [0.4, 0.5) is 0 Å². The van der Waals surface area contributed by atoms with Crippen molar-refractivity contribution in [3.63, 3.8) is 0 Å². The molecule has 0 aromatic carbocycles. The van der Waals surface area contributed by atoms with Gasteiger partial charge in [-0.05, 0) is 44.1 Å². The first-order valence-electron chi connectivity index (χ1n) is 5.37. The maximum absolute atomic E-state index is 5.86. The van der Waals surface area contributed by atoms with Gasteiger partial charge in [0, 0.05) is 0 Å². The lowest BCUT2D eigenvalue weighted by atomic mass is 9.94. The van der Waals surface area contributed by atoms with Gasteiger partial charge >= 0.3 is 0 Å². The van der Waals surface area contributed by atoms with Gasteiger partial charge in [0.2, 0.25) is 0 Å². The highest BCUT2D eigenvalue weighted by Gasteiger charge is 2.26. The van der Waals surface area contributed by atoms with Gasteiger partial charge in [-0.15, -0.1) is 6.58 Å². The molecule has 0 saturated carbocycles. The van der Waals surface area contributed by atoms with E-state index in [4.69, 9.17) is 4.74 Å². The normalized spacial score (nSPS) is 34.3. The Bertz CT molecular complexity index is 217. The molecule has 1 heteroatoms. The molecule has 1 aliphatic carbocycles. The molecule has 2 aliphatic rings. The van der Waals surface area contributed by atoms with Crippen molar-refractivity contribution in [2.24, 2.45) is 0 Å². The Morgan fingerprint density at radius 3 is 2.92 bits per heavy atom. The smallest absolute Gasteiger partial charge is 0.0794 e. The monoisotopic (exact) mass is 178 g/mol. The summed E-state index contributed by atoms with van der Waals surface area (Å²) in [6, 6.07) is 0. The highest BCUT2D eigenvalue weighted by molar-refractivity contribution is 5.13. The average molecular weight is 178 g/mol. The van der Waals surface area contributed by atoms with E-state index in [9.17, 15) is 0 Å². The zero-order valence-corrected chi connectivity index (χ0v) is 8.17. The van der Waals surface area contributed by atoms with Crippen LogP contribution in [-0.2, 0) is 4.74 Å². The van der Waals surface area contributed by atoms with Crippen molar-refractivity contribution < 1.29 is 4.74 Å². The van der Waals surface area contributed by atoms with Crippen molar-refractivity contribution in [2.75, 3.05) is 0 Å². The molecule has 2 atom stereocenters. The summed E-state index contributed by atoms with van der Waals surface area (Å²) in [5.41, 5.74) is 1.55. The SMILES string of the molecule is C=C[C@H]1CCC(C2=CCCCC2)O1. The Morgan fingerprint density at radius 1 is 1.38 bits per heavy atom. The zero-order chi connectivity index (χ0) is 9.10. The van der Waals surface area contributed by atoms with Crippen molar-refractivity contribution in [1.82, 2.24) is 0 Å². The molecule has 13 heavy (non-hydrogen) atoms. The van der Waals surface area contributed by atoms with Crippen LogP contribution in [0.2, 0.25) is 0 Å². The van der Waals surface area contributed by atoms with Crippen molar-refractivity contribution in [3.05, 3.63) is 24.3 Å². The molecule has 1 aliphatic heterocycles. The van der Waals surface area contributed by atoms with Crippen LogP contribution in [0, 0.1) is 0 Å². The topological polar surface area (TPSA) is 9.23 Å². The second-order valence-corrected chi connectivity index (χ2v) is 4.00. The third-order valence-corrected chi connectivity index (χ3v) is 3.05. The average Bonchev–Trinajstić information content (AvgIpc) is 2.67. The molecule has 2 rings (SSSR count). The van der Waals surface area contributed by atoms with E-state index in [1.807, 2.05) is 6.08 Å². The summed E-state index contributed by atoms with van der Waals surface area (Å²) < 4.78 is 5.86. The fraction of sp³-hybridized carbons (Fsp3) is 0.667. The fourth-order valence-electron chi connectivity index (χ4n) is 2.26. The Morgan fingerprint density at radius 2 is 2.31 bits per heavy atom. The quantitative estimate of drug-likeness (QED) is 0.590. The Kier molecular flexibility index (Phi) is 2.84. The number of hydrogen-bond acceptors (Lipinski definition) is 1. The van der Waals surface area contributed by atoms with Crippen molar-refractivity contribution in [1.29, 1.82) is 0 Å². The first-order valence-corrected chi connectivity index (χ1v) is 5.37. The molecule has 0 N–H and O–H groups in total. The van der Waals surface area contributed by atoms with Gasteiger partial charge in [0.25, 0.3) is 0 Å². The third kappa shape index (κ3) is 2.02. The maximum atomic E-state index is 5.86. The zero-order valence-electron chi connectivity index (χ0n) is 8.17. The molecule has 1 saturated heterocycles. The molecule has 72 valence electrons. The fourth-order valence-corrected chi connectivity index (χ4v) is 2.26. The second-order valence-electron chi connectivity index (χ2n) is 4.00. The van der Waals surface area contributed by atoms with Crippen molar-refractivity contribution >= 4 is 0 Å². The van der Waals surface area contributed by atoms with Crippen LogP contribution >= 0.6 is 0 Å². The van der Waals surface area contributed by atoms with Gasteiger partial charge in [-0.25, -0.2) is 0 Å². The molecule has 0 aromatic heterocycles. The number of rotatable bonds is 2. The minimum atomic E-state index is 0.313.